The van der Waals surface area contributed by atoms with E-state index < -0.39 is 0 Å². The minimum atomic E-state index is -0.280. The average Bonchev–Trinajstić information content (AvgIpc) is 2.38. The number of anilines is 1. The van der Waals surface area contributed by atoms with E-state index in [0.717, 1.165) is 17.7 Å². The lowest BCUT2D eigenvalue weighted by atomic mass is 9.97. The molecule has 1 heterocycles. The molecule has 1 unspecified atom stereocenters. The van der Waals surface area contributed by atoms with Crippen LogP contribution in [0.1, 0.15) is 37.3 Å². The van der Waals surface area contributed by atoms with Gasteiger partial charge in [0.25, 0.3) is 0 Å². The van der Waals surface area contributed by atoms with E-state index in [0.29, 0.717) is 19.0 Å². The van der Waals surface area contributed by atoms with Crippen LogP contribution in [0.25, 0.3) is 0 Å². The maximum absolute atomic E-state index is 12.1. The smallest absolute Gasteiger partial charge is 0.414 e. The molecule has 1 fully saturated rings. The van der Waals surface area contributed by atoms with Gasteiger partial charge < -0.3 is 10.5 Å². The number of carbonyl (C=O) groups is 1. The number of rotatable bonds is 3. The first-order valence-corrected chi connectivity index (χ1v) is 6.82. The van der Waals surface area contributed by atoms with Crippen molar-refractivity contribution in [2.45, 2.75) is 39.2 Å². The summed E-state index contributed by atoms with van der Waals surface area (Å²) in [6, 6.07) is 6.14. The lowest BCUT2D eigenvalue weighted by Gasteiger charge is -2.34. The number of aryl methyl sites for hydroxylation is 1. The standard InChI is InChI=1S/C15H22N2O2/c1-10(2)13-6-4-5-11(3)14(13)17-8-7-12(9-16)19-15(17)18/h4-6,10,12H,7-9,16H2,1-3H3. The van der Waals surface area contributed by atoms with Crippen LogP contribution in [-0.4, -0.2) is 25.3 Å². The Balaban J connectivity index is 2.34. The Labute approximate surface area is 114 Å². The molecule has 0 aliphatic carbocycles. The summed E-state index contributed by atoms with van der Waals surface area (Å²) in [6.07, 6.45) is 0.363. The number of amides is 1. The number of hydrogen-bond acceptors (Lipinski definition) is 3. The van der Waals surface area contributed by atoms with E-state index in [1.165, 1.54) is 5.56 Å². The molecule has 1 amide bonds. The third-order valence-electron chi connectivity index (χ3n) is 3.59. The molecule has 1 saturated heterocycles. The summed E-state index contributed by atoms with van der Waals surface area (Å²) in [5.41, 5.74) is 8.85. The van der Waals surface area contributed by atoms with Crippen LogP contribution in [-0.2, 0) is 4.74 Å². The van der Waals surface area contributed by atoms with E-state index in [2.05, 4.69) is 19.9 Å². The topological polar surface area (TPSA) is 55.6 Å². The predicted octanol–water partition coefficient (Wildman–Crippen LogP) is 2.79. The molecule has 1 aromatic rings. The zero-order chi connectivity index (χ0) is 14.0. The van der Waals surface area contributed by atoms with Crippen molar-refractivity contribution in [3.63, 3.8) is 0 Å². The van der Waals surface area contributed by atoms with Crippen molar-refractivity contribution in [1.29, 1.82) is 0 Å². The molecule has 1 aliphatic heterocycles. The molecule has 2 N–H and O–H groups in total. The van der Waals surface area contributed by atoms with E-state index in [4.69, 9.17) is 10.5 Å². The Morgan fingerprint density at radius 2 is 2.21 bits per heavy atom. The van der Waals surface area contributed by atoms with Crippen molar-refractivity contribution in [3.8, 4) is 0 Å². The van der Waals surface area contributed by atoms with Gasteiger partial charge in [-0.05, 0) is 24.0 Å². The van der Waals surface area contributed by atoms with Crippen molar-refractivity contribution < 1.29 is 9.53 Å². The van der Waals surface area contributed by atoms with E-state index in [1.54, 1.807) is 4.90 Å². The molecule has 1 atom stereocenters. The largest absolute Gasteiger partial charge is 0.444 e. The molecule has 4 nitrogen and oxygen atoms in total. The first-order chi connectivity index (χ1) is 9.04. The van der Waals surface area contributed by atoms with Crippen LogP contribution in [0.3, 0.4) is 0 Å². The van der Waals surface area contributed by atoms with Gasteiger partial charge in [0.1, 0.15) is 6.10 Å². The molecule has 0 bridgehead atoms. The zero-order valence-corrected chi connectivity index (χ0v) is 11.8. The maximum atomic E-state index is 12.1. The number of ether oxygens (including phenoxy) is 1. The normalized spacial score (nSPS) is 19.7. The fraction of sp³-hybridized carbons (Fsp3) is 0.533. The highest BCUT2D eigenvalue weighted by atomic mass is 16.6. The molecule has 0 radical (unpaired) electrons. The monoisotopic (exact) mass is 262 g/mol. The SMILES string of the molecule is Cc1cccc(C(C)C)c1N1CCC(CN)OC1=O. The second-order valence-electron chi connectivity index (χ2n) is 5.35. The van der Waals surface area contributed by atoms with Gasteiger partial charge in [-0.25, -0.2) is 4.79 Å². The van der Waals surface area contributed by atoms with E-state index >= 15 is 0 Å². The zero-order valence-electron chi connectivity index (χ0n) is 11.8. The summed E-state index contributed by atoms with van der Waals surface area (Å²) in [7, 11) is 0. The van der Waals surface area contributed by atoms with Gasteiger partial charge in [-0.1, -0.05) is 32.0 Å². The van der Waals surface area contributed by atoms with Gasteiger partial charge in [0, 0.05) is 19.5 Å². The molecule has 1 aromatic carbocycles. The van der Waals surface area contributed by atoms with Crippen LogP contribution >= 0.6 is 0 Å². The van der Waals surface area contributed by atoms with Crippen LogP contribution in [0.15, 0.2) is 18.2 Å². The third kappa shape index (κ3) is 2.73. The van der Waals surface area contributed by atoms with Crippen LogP contribution in [0.5, 0.6) is 0 Å². The van der Waals surface area contributed by atoms with Gasteiger partial charge >= 0.3 is 6.09 Å². The molecule has 0 saturated carbocycles. The molecule has 0 aromatic heterocycles. The van der Waals surface area contributed by atoms with E-state index in [-0.39, 0.29) is 12.2 Å². The fourth-order valence-electron chi connectivity index (χ4n) is 2.51. The van der Waals surface area contributed by atoms with Gasteiger partial charge in [-0.3, -0.25) is 4.90 Å². The molecule has 1 aliphatic rings. The Morgan fingerprint density at radius 3 is 2.79 bits per heavy atom. The van der Waals surface area contributed by atoms with Crippen molar-refractivity contribution in [2.24, 2.45) is 5.73 Å². The number of hydrogen-bond donors (Lipinski definition) is 1. The van der Waals surface area contributed by atoms with Gasteiger partial charge in [0.15, 0.2) is 0 Å². The number of para-hydroxylation sites is 1. The van der Waals surface area contributed by atoms with Crippen LogP contribution in [0.4, 0.5) is 10.5 Å². The summed E-state index contributed by atoms with van der Waals surface area (Å²) in [6.45, 7) is 7.37. The van der Waals surface area contributed by atoms with Crippen LogP contribution in [0, 0.1) is 6.92 Å². The van der Waals surface area contributed by atoms with Crippen molar-refractivity contribution in [1.82, 2.24) is 0 Å². The number of carbonyl (C=O) groups excluding carboxylic acids is 1. The van der Waals surface area contributed by atoms with Gasteiger partial charge in [-0.2, -0.15) is 0 Å². The Bertz CT molecular complexity index is 471. The quantitative estimate of drug-likeness (QED) is 0.911. The highest BCUT2D eigenvalue weighted by molar-refractivity contribution is 5.90. The summed E-state index contributed by atoms with van der Waals surface area (Å²) in [4.78, 5) is 13.9. The minimum absolute atomic E-state index is 0.143. The van der Waals surface area contributed by atoms with Crippen molar-refractivity contribution in [2.75, 3.05) is 18.0 Å². The lowest BCUT2D eigenvalue weighted by Crippen LogP contribution is -2.45. The van der Waals surface area contributed by atoms with Gasteiger partial charge in [0.2, 0.25) is 0 Å². The summed E-state index contributed by atoms with van der Waals surface area (Å²) >= 11 is 0. The molecular formula is C15H22N2O2. The fourth-order valence-corrected chi connectivity index (χ4v) is 2.51. The Kier molecular flexibility index (Phi) is 4.10. The number of cyclic esters (lactones) is 1. The lowest BCUT2D eigenvalue weighted by molar-refractivity contribution is 0.0886. The van der Waals surface area contributed by atoms with Crippen LogP contribution in [0.2, 0.25) is 0 Å². The summed E-state index contributed by atoms with van der Waals surface area (Å²) in [5.74, 6) is 0.370. The number of nitrogens with two attached hydrogens (primary N) is 1. The molecule has 2 rings (SSSR count). The van der Waals surface area contributed by atoms with Gasteiger partial charge in [-0.15, -0.1) is 0 Å². The van der Waals surface area contributed by atoms with E-state index in [9.17, 15) is 4.79 Å². The minimum Gasteiger partial charge on any atom is -0.444 e. The second kappa shape index (κ2) is 5.61. The highest BCUT2D eigenvalue weighted by Crippen LogP contribution is 2.33. The Morgan fingerprint density at radius 1 is 1.47 bits per heavy atom. The van der Waals surface area contributed by atoms with Crippen molar-refractivity contribution >= 4 is 11.8 Å². The third-order valence-corrected chi connectivity index (χ3v) is 3.59. The summed E-state index contributed by atoms with van der Waals surface area (Å²) in [5, 5.41) is 0. The number of benzene rings is 1. The number of nitrogens with zero attached hydrogens (tertiary/aromatic N) is 1. The van der Waals surface area contributed by atoms with Gasteiger partial charge in [0.05, 0.1) is 5.69 Å². The predicted molar refractivity (Wildman–Crippen MR) is 76.6 cm³/mol. The first-order valence-electron chi connectivity index (χ1n) is 6.82. The molecule has 4 heteroatoms. The van der Waals surface area contributed by atoms with Crippen LogP contribution < -0.4 is 10.6 Å². The Hall–Kier alpha value is -1.55. The van der Waals surface area contributed by atoms with E-state index in [1.807, 2.05) is 19.1 Å². The highest BCUT2D eigenvalue weighted by Gasteiger charge is 2.29. The molecular weight excluding hydrogens is 240 g/mol. The summed E-state index contributed by atoms with van der Waals surface area (Å²) < 4.78 is 5.35. The maximum Gasteiger partial charge on any atom is 0.414 e. The van der Waals surface area contributed by atoms with Crippen molar-refractivity contribution in [3.05, 3.63) is 29.3 Å². The molecule has 19 heavy (non-hydrogen) atoms. The second-order valence-corrected chi connectivity index (χ2v) is 5.35. The average molecular weight is 262 g/mol. The molecule has 104 valence electrons. The molecule has 0 spiro atoms. The first kappa shape index (κ1) is 13.9.